The highest BCUT2D eigenvalue weighted by Crippen LogP contribution is 2.14. The van der Waals surface area contributed by atoms with Crippen LogP contribution in [0.4, 0.5) is 0 Å². The Morgan fingerprint density at radius 1 is 0.850 bits per heavy atom. The van der Waals surface area contributed by atoms with Gasteiger partial charge in [0.05, 0.1) is 0 Å². The van der Waals surface area contributed by atoms with Crippen molar-refractivity contribution in [3.63, 3.8) is 0 Å². The van der Waals surface area contributed by atoms with E-state index < -0.39 is 6.29 Å². The van der Waals surface area contributed by atoms with Crippen LogP contribution in [0, 0.1) is 0 Å². The molecule has 0 radical (unpaired) electrons. The topological polar surface area (TPSA) is 29.5 Å². The van der Waals surface area contributed by atoms with Crippen molar-refractivity contribution in [2.45, 2.75) is 77.4 Å². The van der Waals surface area contributed by atoms with Crippen molar-refractivity contribution < 1.29 is 9.84 Å². The summed E-state index contributed by atoms with van der Waals surface area (Å²) in [7, 11) is 0. The average Bonchev–Trinajstić information content (AvgIpc) is 2.46. The standard InChI is InChI=1S/C18H30O2/c1-2-3-4-5-6-7-8-9-13-16-18(19)20-17-14-11-10-12-15-17/h10-12,14-15,18-19H,2-9,13,16H2,1H3. The molecule has 2 heteroatoms. The zero-order valence-electron chi connectivity index (χ0n) is 12.9. The number of hydrogen-bond acceptors (Lipinski definition) is 2. The Morgan fingerprint density at radius 3 is 2.00 bits per heavy atom. The maximum absolute atomic E-state index is 9.78. The zero-order chi connectivity index (χ0) is 14.5. The van der Waals surface area contributed by atoms with Crippen LogP contribution in [-0.2, 0) is 0 Å². The van der Waals surface area contributed by atoms with Gasteiger partial charge in [-0.25, -0.2) is 0 Å². The van der Waals surface area contributed by atoms with Crippen LogP contribution in [0.15, 0.2) is 30.3 Å². The second-order valence-electron chi connectivity index (χ2n) is 5.50. The summed E-state index contributed by atoms with van der Waals surface area (Å²) >= 11 is 0. The van der Waals surface area contributed by atoms with Gasteiger partial charge in [-0.1, -0.05) is 76.5 Å². The van der Waals surface area contributed by atoms with Gasteiger partial charge in [-0.15, -0.1) is 0 Å². The molecule has 0 spiro atoms. The van der Waals surface area contributed by atoms with Gasteiger partial charge in [-0.3, -0.25) is 0 Å². The highest BCUT2D eigenvalue weighted by Gasteiger charge is 2.04. The molecule has 0 amide bonds. The van der Waals surface area contributed by atoms with Crippen LogP contribution in [0.1, 0.15) is 71.1 Å². The third kappa shape index (κ3) is 8.98. The van der Waals surface area contributed by atoms with Crippen molar-refractivity contribution in [1.29, 1.82) is 0 Å². The van der Waals surface area contributed by atoms with Crippen LogP contribution in [0.3, 0.4) is 0 Å². The summed E-state index contributed by atoms with van der Waals surface area (Å²) in [6.45, 7) is 2.25. The Morgan fingerprint density at radius 2 is 1.40 bits per heavy atom. The van der Waals surface area contributed by atoms with Crippen molar-refractivity contribution in [2.24, 2.45) is 0 Å². The van der Waals surface area contributed by atoms with Gasteiger partial charge in [-0.05, 0) is 18.6 Å². The van der Waals surface area contributed by atoms with Gasteiger partial charge < -0.3 is 9.84 Å². The quantitative estimate of drug-likeness (QED) is 0.415. The summed E-state index contributed by atoms with van der Waals surface area (Å²) in [6.07, 6.45) is 11.8. The number of aliphatic hydroxyl groups excluding tert-OH is 1. The van der Waals surface area contributed by atoms with E-state index in [0.29, 0.717) is 0 Å². The molecule has 0 bridgehead atoms. The molecule has 1 rings (SSSR count). The van der Waals surface area contributed by atoms with Crippen LogP contribution < -0.4 is 4.74 Å². The predicted molar refractivity (Wildman–Crippen MR) is 84.9 cm³/mol. The first kappa shape index (κ1) is 17.0. The van der Waals surface area contributed by atoms with E-state index in [1.54, 1.807) is 0 Å². The van der Waals surface area contributed by atoms with Gasteiger partial charge in [0, 0.05) is 6.42 Å². The van der Waals surface area contributed by atoms with E-state index in [0.717, 1.165) is 18.6 Å². The molecule has 0 saturated carbocycles. The predicted octanol–water partition coefficient (Wildman–Crippen LogP) is 5.30. The van der Waals surface area contributed by atoms with Gasteiger partial charge in [0.2, 0.25) is 0 Å². The van der Waals surface area contributed by atoms with Crippen molar-refractivity contribution in [3.8, 4) is 5.75 Å². The highest BCUT2D eigenvalue weighted by atomic mass is 16.6. The molecule has 2 nitrogen and oxygen atoms in total. The molecule has 1 N–H and O–H groups in total. The first-order chi connectivity index (χ1) is 9.83. The highest BCUT2D eigenvalue weighted by molar-refractivity contribution is 5.20. The maximum Gasteiger partial charge on any atom is 0.197 e. The molecule has 0 saturated heterocycles. The van der Waals surface area contributed by atoms with E-state index >= 15 is 0 Å². The number of rotatable bonds is 12. The first-order valence-electron chi connectivity index (χ1n) is 8.22. The number of benzene rings is 1. The van der Waals surface area contributed by atoms with Crippen LogP contribution in [0.25, 0.3) is 0 Å². The van der Waals surface area contributed by atoms with Gasteiger partial charge in [0.1, 0.15) is 5.75 Å². The minimum absolute atomic E-state index is 0.665. The van der Waals surface area contributed by atoms with Crippen molar-refractivity contribution in [2.75, 3.05) is 0 Å². The molecule has 0 aliphatic carbocycles. The summed E-state index contributed by atoms with van der Waals surface area (Å²) in [6, 6.07) is 9.53. The average molecular weight is 278 g/mol. The van der Waals surface area contributed by atoms with Gasteiger partial charge >= 0.3 is 0 Å². The molecule has 1 unspecified atom stereocenters. The monoisotopic (exact) mass is 278 g/mol. The molecule has 1 atom stereocenters. The van der Waals surface area contributed by atoms with E-state index in [-0.39, 0.29) is 0 Å². The van der Waals surface area contributed by atoms with Gasteiger partial charge in [0.15, 0.2) is 6.29 Å². The minimum Gasteiger partial charge on any atom is -0.465 e. The number of para-hydroxylation sites is 1. The van der Waals surface area contributed by atoms with E-state index in [9.17, 15) is 5.11 Å². The Bertz CT molecular complexity index is 310. The molecule has 0 aromatic heterocycles. The van der Waals surface area contributed by atoms with Crippen LogP contribution in [-0.4, -0.2) is 11.4 Å². The maximum atomic E-state index is 9.78. The summed E-state index contributed by atoms with van der Waals surface area (Å²) in [4.78, 5) is 0. The minimum atomic E-state index is -0.665. The largest absolute Gasteiger partial charge is 0.465 e. The molecular weight excluding hydrogens is 248 g/mol. The molecule has 0 aliphatic heterocycles. The van der Waals surface area contributed by atoms with Crippen LogP contribution in [0.2, 0.25) is 0 Å². The number of hydrogen-bond donors (Lipinski definition) is 1. The van der Waals surface area contributed by atoms with Gasteiger partial charge in [0.25, 0.3) is 0 Å². The lowest BCUT2D eigenvalue weighted by Crippen LogP contribution is -2.15. The lowest BCUT2D eigenvalue weighted by Gasteiger charge is -2.13. The number of ether oxygens (including phenoxy) is 1. The Labute approximate surface area is 124 Å². The fourth-order valence-corrected chi connectivity index (χ4v) is 2.34. The summed E-state index contributed by atoms with van der Waals surface area (Å²) in [5, 5.41) is 9.78. The Balaban J connectivity index is 1.91. The fourth-order valence-electron chi connectivity index (χ4n) is 2.34. The second-order valence-corrected chi connectivity index (χ2v) is 5.50. The third-order valence-corrected chi connectivity index (χ3v) is 3.57. The lowest BCUT2D eigenvalue weighted by molar-refractivity contribution is -0.0246. The Hall–Kier alpha value is -1.02. The molecule has 0 aliphatic rings. The lowest BCUT2D eigenvalue weighted by atomic mass is 10.1. The summed E-state index contributed by atoms with van der Waals surface area (Å²) in [5.41, 5.74) is 0. The van der Waals surface area contributed by atoms with E-state index in [1.165, 1.54) is 51.4 Å². The van der Waals surface area contributed by atoms with E-state index in [1.807, 2.05) is 30.3 Å². The summed E-state index contributed by atoms with van der Waals surface area (Å²) < 4.78 is 5.44. The van der Waals surface area contributed by atoms with Crippen molar-refractivity contribution in [1.82, 2.24) is 0 Å². The summed E-state index contributed by atoms with van der Waals surface area (Å²) in [5.74, 6) is 0.746. The van der Waals surface area contributed by atoms with Crippen molar-refractivity contribution >= 4 is 0 Å². The van der Waals surface area contributed by atoms with Crippen LogP contribution in [0.5, 0.6) is 5.75 Å². The van der Waals surface area contributed by atoms with E-state index in [4.69, 9.17) is 4.74 Å². The fraction of sp³-hybridized carbons (Fsp3) is 0.667. The Kier molecular flexibility index (Phi) is 10.0. The molecule has 20 heavy (non-hydrogen) atoms. The molecule has 114 valence electrons. The molecule has 0 fully saturated rings. The first-order valence-corrected chi connectivity index (χ1v) is 8.22. The number of unbranched alkanes of at least 4 members (excludes halogenated alkanes) is 8. The smallest absolute Gasteiger partial charge is 0.197 e. The van der Waals surface area contributed by atoms with Gasteiger partial charge in [-0.2, -0.15) is 0 Å². The third-order valence-electron chi connectivity index (χ3n) is 3.57. The van der Waals surface area contributed by atoms with E-state index in [2.05, 4.69) is 6.92 Å². The number of aliphatic hydroxyl groups is 1. The SMILES string of the molecule is CCCCCCCCCCCC(O)Oc1ccccc1. The molecule has 1 aromatic carbocycles. The second kappa shape index (κ2) is 11.8. The normalized spacial score (nSPS) is 12.3. The molecule has 0 heterocycles. The zero-order valence-corrected chi connectivity index (χ0v) is 12.9. The molecule has 1 aromatic rings. The molecular formula is C18H30O2. The van der Waals surface area contributed by atoms with Crippen LogP contribution >= 0.6 is 0 Å². The van der Waals surface area contributed by atoms with Crippen molar-refractivity contribution in [3.05, 3.63) is 30.3 Å².